The molecule has 0 unspecified atom stereocenters. The van der Waals surface area contributed by atoms with Crippen molar-refractivity contribution in [1.29, 1.82) is 0 Å². The van der Waals surface area contributed by atoms with Gasteiger partial charge < -0.3 is 5.73 Å². The molecule has 0 aliphatic carbocycles. The number of nitrogens with two attached hydrogens (primary N) is 1. The van der Waals surface area contributed by atoms with Crippen LogP contribution in [-0.4, -0.2) is 17.1 Å². The molecule has 2 aromatic carbocycles. The van der Waals surface area contributed by atoms with Crippen LogP contribution in [0.5, 0.6) is 0 Å². The molecule has 0 saturated heterocycles. The molecule has 2 heterocycles. The lowest BCUT2D eigenvalue weighted by Gasteiger charge is -2.07. The molecule has 0 aliphatic heterocycles. The number of carbonyl (C=O) groups is 1. The number of thiophene rings is 1. The van der Waals surface area contributed by atoms with E-state index in [1.165, 1.54) is 13.1 Å². The zero-order valence-electron chi connectivity index (χ0n) is 15.6. The predicted octanol–water partition coefficient (Wildman–Crippen LogP) is 5.12. The minimum absolute atomic E-state index is 0.0583. The lowest BCUT2D eigenvalue weighted by molar-refractivity contribution is -0.141. The summed E-state index contributed by atoms with van der Waals surface area (Å²) in [5, 5.41) is 6.33. The van der Waals surface area contributed by atoms with Gasteiger partial charge in [0, 0.05) is 10.9 Å². The van der Waals surface area contributed by atoms with E-state index in [1.54, 1.807) is 0 Å². The number of halogens is 3. The Morgan fingerprint density at radius 3 is 2.70 bits per heavy atom. The number of benzene rings is 2. The van der Waals surface area contributed by atoms with E-state index in [0.717, 1.165) is 33.7 Å². The molecule has 0 saturated carbocycles. The summed E-state index contributed by atoms with van der Waals surface area (Å²) in [6, 6.07) is 14.4. The van der Waals surface area contributed by atoms with Crippen LogP contribution in [0.4, 0.5) is 18.9 Å². The molecule has 3 N–H and O–H groups in total. The molecule has 5 nitrogen and oxygen atoms in total. The van der Waals surface area contributed by atoms with Crippen LogP contribution in [0.15, 0.2) is 53.6 Å². The number of aromatic nitrogens is 1. The van der Waals surface area contributed by atoms with E-state index in [9.17, 15) is 18.0 Å². The van der Waals surface area contributed by atoms with Gasteiger partial charge >= 0.3 is 6.18 Å². The first-order chi connectivity index (χ1) is 14.3. The minimum atomic E-state index is -4.58. The van der Waals surface area contributed by atoms with Crippen molar-refractivity contribution in [3.63, 3.8) is 0 Å². The fraction of sp³-hybridized carbons (Fsp3) is 0.0952. The first-order valence-electron chi connectivity index (χ1n) is 8.83. The average Bonchev–Trinajstić information content (AvgIpc) is 3.04. The molecule has 152 valence electrons. The zero-order valence-corrected chi connectivity index (χ0v) is 16.4. The van der Waals surface area contributed by atoms with E-state index in [0.29, 0.717) is 10.9 Å². The van der Waals surface area contributed by atoms with Gasteiger partial charge in [0.15, 0.2) is 0 Å². The summed E-state index contributed by atoms with van der Waals surface area (Å²) in [5.74, 6) is -0.611. The van der Waals surface area contributed by atoms with E-state index in [4.69, 9.17) is 5.73 Å². The smallest absolute Gasteiger partial charge is 0.397 e. The first-order valence-corrected chi connectivity index (χ1v) is 9.65. The van der Waals surface area contributed by atoms with Crippen LogP contribution in [-0.2, 0) is 6.18 Å². The van der Waals surface area contributed by atoms with Crippen LogP contribution < -0.4 is 11.2 Å². The van der Waals surface area contributed by atoms with Crippen LogP contribution >= 0.6 is 11.3 Å². The van der Waals surface area contributed by atoms with Crippen molar-refractivity contribution in [2.45, 2.75) is 13.1 Å². The molecule has 0 aliphatic rings. The Bertz CT molecular complexity index is 1310. The lowest BCUT2D eigenvalue weighted by atomic mass is 10.1. The van der Waals surface area contributed by atoms with E-state index >= 15 is 0 Å². The third-order valence-electron chi connectivity index (χ3n) is 4.59. The summed E-state index contributed by atoms with van der Waals surface area (Å²) >= 11 is 0.803. The molecular formula is C21H15F3N4OS. The van der Waals surface area contributed by atoms with Crippen LogP contribution in [0.1, 0.15) is 26.5 Å². The van der Waals surface area contributed by atoms with Crippen molar-refractivity contribution in [3.8, 4) is 0 Å². The third kappa shape index (κ3) is 3.59. The van der Waals surface area contributed by atoms with Crippen molar-refractivity contribution < 1.29 is 18.0 Å². The molecule has 4 aromatic rings. The Morgan fingerprint density at radius 2 is 1.93 bits per heavy atom. The van der Waals surface area contributed by atoms with E-state index in [-0.39, 0.29) is 15.4 Å². The van der Waals surface area contributed by atoms with Gasteiger partial charge in [-0.05, 0) is 29.3 Å². The summed E-state index contributed by atoms with van der Waals surface area (Å²) in [5.41, 5.74) is 8.61. The molecule has 0 spiro atoms. The number of nitrogen functional groups attached to an aromatic ring is 1. The Kier molecular flexibility index (Phi) is 4.90. The van der Waals surface area contributed by atoms with Crippen molar-refractivity contribution in [1.82, 2.24) is 10.4 Å². The van der Waals surface area contributed by atoms with E-state index in [2.05, 4.69) is 15.5 Å². The predicted molar refractivity (Wildman–Crippen MR) is 113 cm³/mol. The van der Waals surface area contributed by atoms with Crippen LogP contribution in [0.3, 0.4) is 0 Å². The van der Waals surface area contributed by atoms with E-state index < -0.39 is 17.8 Å². The monoisotopic (exact) mass is 428 g/mol. The number of fused-ring (bicyclic) bond motifs is 2. The summed E-state index contributed by atoms with van der Waals surface area (Å²) < 4.78 is 39.0. The Hall–Kier alpha value is -3.46. The van der Waals surface area contributed by atoms with Crippen molar-refractivity contribution in [2.75, 3.05) is 5.73 Å². The summed E-state index contributed by atoms with van der Waals surface area (Å²) in [4.78, 5) is 16.3. The van der Waals surface area contributed by atoms with Crippen LogP contribution in [0.2, 0.25) is 0 Å². The summed E-state index contributed by atoms with van der Waals surface area (Å²) in [6.45, 7) is 1.50. The van der Waals surface area contributed by atoms with Gasteiger partial charge in [0.1, 0.15) is 15.4 Å². The molecule has 0 fully saturated rings. The standard InChI is InChI=1S/C21H15F3N4OS/c1-11-9-15(21(22,23)24)27-20-16(11)17(25)18(30-20)19(29)28-26-10-13-7-4-6-12-5-2-3-8-14(12)13/h2-10H,25H2,1H3,(H,28,29)/b26-10+. The number of alkyl halides is 3. The van der Waals surface area contributed by atoms with Crippen LogP contribution in [0, 0.1) is 6.92 Å². The van der Waals surface area contributed by atoms with Gasteiger partial charge in [0.25, 0.3) is 5.91 Å². The number of carbonyl (C=O) groups excluding carboxylic acids is 1. The van der Waals surface area contributed by atoms with Gasteiger partial charge in [-0.15, -0.1) is 11.3 Å². The molecular weight excluding hydrogens is 413 g/mol. The fourth-order valence-corrected chi connectivity index (χ4v) is 4.26. The topological polar surface area (TPSA) is 80.4 Å². The first kappa shape index (κ1) is 19.8. The van der Waals surface area contributed by atoms with Gasteiger partial charge in [0.2, 0.25) is 0 Å². The number of pyridine rings is 1. The number of nitrogens with zero attached hydrogens (tertiary/aromatic N) is 2. The highest BCUT2D eigenvalue weighted by Crippen LogP contribution is 2.38. The zero-order chi connectivity index (χ0) is 21.5. The number of nitrogens with one attached hydrogen (secondary N) is 1. The molecule has 0 radical (unpaired) electrons. The number of rotatable bonds is 3. The second-order valence-electron chi connectivity index (χ2n) is 6.61. The van der Waals surface area contributed by atoms with Gasteiger partial charge in [-0.1, -0.05) is 42.5 Å². The quantitative estimate of drug-likeness (QED) is 0.351. The minimum Gasteiger partial charge on any atom is -0.397 e. The normalized spacial score (nSPS) is 12.1. The van der Waals surface area contributed by atoms with Crippen molar-refractivity contribution in [3.05, 3.63) is 70.2 Å². The molecule has 9 heteroatoms. The molecule has 30 heavy (non-hydrogen) atoms. The number of anilines is 1. The third-order valence-corrected chi connectivity index (χ3v) is 5.68. The van der Waals surface area contributed by atoms with Crippen molar-refractivity contribution >= 4 is 50.1 Å². The fourth-order valence-electron chi connectivity index (χ4n) is 3.20. The van der Waals surface area contributed by atoms with Gasteiger partial charge in [-0.2, -0.15) is 18.3 Å². The molecule has 0 bridgehead atoms. The number of hydrogen-bond acceptors (Lipinski definition) is 5. The molecule has 0 atom stereocenters. The van der Waals surface area contributed by atoms with Gasteiger partial charge in [0.05, 0.1) is 11.9 Å². The maximum Gasteiger partial charge on any atom is 0.433 e. The van der Waals surface area contributed by atoms with E-state index in [1.807, 2.05) is 42.5 Å². The van der Waals surface area contributed by atoms with Crippen molar-refractivity contribution in [2.24, 2.45) is 5.10 Å². The SMILES string of the molecule is Cc1cc(C(F)(F)F)nc2sc(C(=O)N/N=C/c3cccc4ccccc34)c(N)c12. The Labute approximate surface area is 173 Å². The number of hydrogen-bond donors (Lipinski definition) is 2. The van der Waals surface area contributed by atoms with Gasteiger partial charge in [-0.3, -0.25) is 4.79 Å². The molecule has 4 rings (SSSR count). The Balaban J connectivity index is 1.62. The molecule has 1 amide bonds. The highest BCUT2D eigenvalue weighted by Gasteiger charge is 2.34. The second-order valence-corrected chi connectivity index (χ2v) is 7.61. The van der Waals surface area contributed by atoms with Gasteiger partial charge in [-0.25, -0.2) is 10.4 Å². The summed E-state index contributed by atoms with van der Waals surface area (Å²) in [6.07, 6.45) is -3.07. The number of hydrazone groups is 1. The highest BCUT2D eigenvalue weighted by molar-refractivity contribution is 7.21. The van der Waals surface area contributed by atoms with Crippen LogP contribution in [0.25, 0.3) is 21.0 Å². The number of aryl methyl sites for hydroxylation is 1. The highest BCUT2D eigenvalue weighted by atomic mass is 32.1. The maximum atomic E-state index is 13.0. The second kappa shape index (κ2) is 7.42. The average molecular weight is 428 g/mol. The number of amides is 1. The Morgan fingerprint density at radius 1 is 1.20 bits per heavy atom. The lowest BCUT2D eigenvalue weighted by Crippen LogP contribution is -2.17. The maximum absolute atomic E-state index is 13.0. The largest absolute Gasteiger partial charge is 0.433 e. The summed E-state index contributed by atoms with van der Waals surface area (Å²) in [7, 11) is 0. The molecule has 2 aromatic heterocycles.